The third kappa shape index (κ3) is 3.72. The molecule has 0 N–H and O–H groups in total. The van der Waals surface area contributed by atoms with E-state index in [9.17, 15) is 4.79 Å². The predicted octanol–water partition coefficient (Wildman–Crippen LogP) is 3.08. The topological polar surface area (TPSA) is 29.5 Å². The van der Waals surface area contributed by atoms with E-state index in [1.54, 1.807) is 0 Å². The number of ether oxygens (including phenoxy) is 1. The average molecular weight is 261 g/mol. The normalized spacial score (nSPS) is 17.1. The summed E-state index contributed by atoms with van der Waals surface area (Å²) in [6.45, 7) is 7.67. The van der Waals surface area contributed by atoms with Crippen molar-refractivity contribution < 1.29 is 9.53 Å². The summed E-state index contributed by atoms with van der Waals surface area (Å²) in [7, 11) is 0. The molecule has 1 saturated heterocycles. The highest BCUT2D eigenvalue weighted by Gasteiger charge is 2.23. The molecule has 0 bridgehead atoms. The first-order valence-corrected chi connectivity index (χ1v) is 7.10. The van der Waals surface area contributed by atoms with Crippen molar-refractivity contribution in [3.05, 3.63) is 29.3 Å². The maximum atomic E-state index is 12.3. The number of nitrogens with zero attached hydrogens (tertiary/aromatic N) is 1. The minimum absolute atomic E-state index is 0.110. The molecule has 1 amide bonds. The molecule has 1 atom stereocenters. The maximum Gasteiger partial charge on any atom is 0.263 e. The van der Waals surface area contributed by atoms with Crippen LogP contribution in [0.2, 0.25) is 0 Å². The Morgan fingerprint density at radius 1 is 1.11 bits per heavy atom. The van der Waals surface area contributed by atoms with Gasteiger partial charge in [-0.3, -0.25) is 4.79 Å². The van der Waals surface area contributed by atoms with Gasteiger partial charge in [-0.25, -0.2) is 0 Å². The number of hydrogen-bond acceptors (Lipinski definition) is 2. The molecule has 2 rings (SSSR count). The molecule has 3 heteroatoms. The smallest absolute Gasteiger partial charge is 0.263 e. The van der Waals surface area contributed by atoms with Crippen LogP contribution in [0.5, 0.6) is 5.75 Å². The number of carbonyl (C=O) groups excluding carboxylic acids is 1. The minimum atomic E-state index is -0.403. The van der Waals surface area contributed by atoms with Gasteiger partial charge in [0, 0.05) is 13.1 Å². The lowest BCUT2D eigenvalue weighted by Gasteiger charge is -2.29. The summed E-state index contributed by atoms with van der Waals surface area (Å²) in [5.41, 5.74) is 2.32. The number of benzene rings is 1. The van der Waals surface area contributed by atoms with E-state index in [-0.39, 0.29) is 5.91 Å². The van der Waals surface area contributed by atoms with Crippen LogP contribution in [0.15, 0.2) is 18.2 Å². The highest BCUT2D eigenvalue weighted by atomic mass is 16.5. The van der Waals surface area contributed by atoms with Crippen LogP contribution in [0.25, 0.3) is 0 Å². The van der Waals surface area contributed by atoms with Crippen LogP contribution in [0.3, 0.4) is 0 Å². The van der Waals surface area contributed by atoms with Gasteiger partial charge in [-0.2, -0.15) is 0 Å². The minimum Gasteiger partial charge on any atom is -0.481 e. The zero-order valence-electron chi connectivity index (χ0n) is 12.1. The van der Waals surface area contributed by atoms with Gasteiger partial charge >= 0.3 is 0 Å². The van der Waals surface area contributed by atoms with Crippen molar-refractivity contribution in [2.75, 3.05) is 13.1 Å². The van der Waals surface area contributed by atoms with E-state index < -0.39 is 6.10 Å². The van der Waals surface area contributed by atoms with Gasteiger partial charge in [0.15, 0.2) is 6.10 Å². The first-order valence-electron chi connectivity index (χ1n) is 7.10. The highest BCUT2D eigenvalue weighted by Crippen LogP contribution is 2.19. The number of rotatable bonds is 3. The molecule has 0 saturated carbocycles. The number of aryl methyl sites for hydroxylation is 2. The molecule has 0 radical (unpaired) electrons. The lowest BCUT2D eigenvalue weighted by atomic mass is 10.1. The molecule has 0 aromatic heterocycles. The third-order valence-electron chi connectivity index (χ3n) is 3.52. The lowest BCUT2D eigenvalue weighted by Crippen LogP contribution is -2.43. The molecule has 0 aliphatic carbocycles. The zero-order valence-corrected chi connectivity index (χ0v) is 12.1. The predicted molar refractivity (Wildman–Crippen MR) is 76.4 cm³/mol. The molecular formula is C16H23NO2. The Kier molecular flexibility index (Phi) is 4.46. The Bertz CT molecular complexity index is 430. The van der Waals surface area contributed by atoms with Crippen LogP contribution in [0.4, 0.5) is 0 Å². The van der Waals surface area contributed by atoms with E-state index in [4.69, 9.17) is 4.74 Å². The quantitative estimate of drug-likeness (QED) is 0.837. The second kappa shape index (κ2) is 6.09. The Morgan fingerprint density at radius 3 is 2.26 bits per heavy atom. The molecule has 0 spiro atoms. The van der Waals surface area contributed by atoms with Crippen molar-refractivity contribution >= 4 is 5.91 Å². The Morgan fingerprint density at radius 2 is 1.68 bits per heavy atom. The number of amides is 1. The van der Waals surface area contributed by atoms with E-state index in [0.717, 1.165) is 42.8 Å². The van der Waals surface area contributed by atoms with Crippen molar-refractivity contribution in [1.29, 1.82) is 0 Å². The van der Waals surface area contributed by atoms with Crippen molar-refractivity contribution in [3.8, 4) is 5.75 Å². The van der Waals surface area contributed by atoms with Crippen molar-refractivity contribution in [3.63, 3.8) is 0 Å². The van der Waals surface area contributed by atoms with E-state index in [2.05, 4.69) is 6.07 Å². The first-order chi connectivity index (χ1) is 9.06. The van der Waals surface area contributed by atoms with Gasteiger partial charge < -0.3 is 9.64 Å². The van der Waals surface area contributed by atoms with Crippen molar-refractivity contribution in [2.45, 2.75) is 46.1 Å². The van der Waals surface area contributed by atoms with Gasteiger partial charge in [-0.05, 0) is 63.3 Å². The molecule has 1 heterocycles. The Labute approximate surface area is 115 Å². The van der Waals surface area contributed by atoms with Crippen LogP contribution >= 0.6 is 0 Å². The van der Waals surface area contributed by atoms with E-state index in [1.807, 2.05) is 37.8 Å². The summed E-state index contributed by atoms with van der Waals surface area (Å²) < 4.78 is 5.80. The van der Waals surface area contributed by atoms with Crippen LogP contribution in [-0.2, 0) is 4.79 Å². The number of piperidine rings is 1. The third-order valence-corrected chi connectivity index (χ3v) is 3.52. The molecule has 1 fully saturated rings. The van der Waals surface area contributed by atoms with Crippen LogP contribution in [-0.4, -0.2) is 30.0 Å². The van der Waals surface area contributed by atoms with Crippen LogP contribution in [0, 0.1) is 13.8 Å². The summed E-state index contributed by atoms with van der Waals surface area (Å²) in [5.74, 6) is 0.897. The molecule has 1 aliphatic heterocycles. The molecular weight excluding hydrogens is 238 g/mol. The fourth-order valence-electron chi connectivity index (χ4n) is 2.63. The van der Waals surface area contributed by atoms with Crippen molar-refractivity contribution in [1.82, 2.24) is 4.90 Å². The molecule has 1 unspecified atom stereocenters. The average Bonchev–Trinajstić information content (AvgIpc) is 2.37. The monoisotopic (exact) mass is 261 g/mol. The highest BCUT2D eigenvalue weighted by molar-refractivity contribution is 5.81. The van der Waals surface area contributed by atoms with Gasteiger partial charge in [0.25, 0.3) is 5.91 Å². The molecule has 3 nitrogen and oxygen atoms in total. The summed E-state index contributed by atoms with van der Waals surface area (Å²) >= 11 is 0. The molecule has 1 aromatic carbocycles. The Hall–Kier alpha value is -1.51. The summed E-state index contributed by atoms with van der Waals surface area (Å²) in [4.78, 5) is 14.2. The van der Waals surface area contributed by atoms with E-state index >= 15 is 0 Å². The second-order valence-electron chi connectivity index (χ2n) is 5.47. The fourth-order valence-corrected chi connectivity index (χ4v) is 2.63. The summed E-state index contributed by atoms with van der Waals surface area (Å²) in [6.07, 6.45) is 3.06. The molecule has 1 aromatic rings. The van der Waals surface area contributed by atoms with E-state index in [0.29, 0.717) is 0 Å². The van der Waals surface area contributed by atoms with E-state index in [1.165, 1.54) is 6.42 Å². The molecule has 19 heavy (non-hydrogen) atoms. The van der Waals surface area contributed by atoms with Crippen molar-refractivity contribution in [2.24, 2.45) is 0 Å². The molecule has 1 aliphatic rings. The number of likely N-dealkylation sites (tertiary alicyclic amines) is 1. The maximum absolute atomic E-state index is 12.3. The largest absolute Gasteiger partial charge is 0.481 e. The van der Waals surface area contributed by atoms with Gasteiger partial charge in [-0.15, -0.1) is 0 Å². The Balaban J connectivity index is 1.99. The van der Waals surface area contributed by atoms with Crippen LogP contribution < -0.4 is 4.74 Å². The standard InChI is InChI=1S/C16H23NO2/c1-12-9-13(2)11-15(10-12)19-14(3)16(18)17-7-5-4-6-8-17/h9-11,14H,4-8H2,1-3H3. The second-order valence-corrected chi connectivity index (χ2v) is 5.47. The SMILES string of the molecule is Cc1cc(C)cc(OC(C)C(=O)N2CCCCC2)c1. The fraction of sp³-hybridized carbons (Fsp3) is 0.562. The van der Waals surface area contributed by atoms with Gasteiger partial charge in [-0.1, -0.05) is 6.07 Å². The lowest BCUT2D eigenvalue weighted by molar-refractivity contribution is -0.138. The van der Waals surface area contributed by atoms with Gasteiger partial charge in [0.1, 0.15) is 5.75 Å². The molecule has 104 valence electrons. The summed E-state index contributed by atoms with van der Waals surface area (Å²) in [6, 6.07) is 6.06. The first kappa shape index (κ1) is 13.9. The zero-order chi connectivity index (χ0) is 13.8. The van der Waals surface area contributed by atoms with Gasteiger partial charge in [0.2, 0.25) is 0 Å². The number of carbonyl (C=O) groups is 1. The van der Waals surface area contributed by atoms with Gasteiger partial charge in [0.05, 0.1) is 0 Å². The van der Waals surface area contributed by atoms with Crippen LogP contribution in [0.1, 0.15) is 37.3 Å². The summed E-state index contributed by atoms with van der Waals surface area (Å²) in [5, 5.41) is 0. The number of hydrogen-bond donors (Lipinski definition) is 0.